The van der Waals surface area contributed by atoms with Gasteiger partial charge in [0.05, 0.1) is 0 Å². The molecule has 0 aliphatic heterocycles. The van der Waals surface area contributed by atoms with Crippen LogP contribution in [0.1, 0.15) is 12.8 Å². The second-order valence-electron chi connectivity index (χ2n) is 3.79. The average Bonchev–Trinajstić information content (AvgIpc) is 2.08. The predicted octanol–water partition coefficient (Wildman–Crippen LogP) is 2.51. The Morgan fingerprint density at radius 1 is 1.18 bits per heavy atom. The molecule has 1 fully saturated rings. The second kappa shape index (κ2) is 1.18. The molecule has 0 N–H and O–H groups in total. The van der Waals surface area contributed by atoms with Crippen molar-refractivity contribution >= 4 is 0 Å². The molecule has 0 heterocycles. The van der Waals surface area contributed by atoms with Crippen LogP contribution in [-0.2, 0) is 0 Å². The van der Waals surface area contributed by atoms with Crippen molar-refractivity contribution in [1.29, 1.82) is 0 Å². The number of fused-ring (bicyclic) bond motifs is 4. The molecule has 0 aromatic carbocycles. The quantitative estimate of drug-likeness (QED) is 0.485. The van der Waals surface area contributed by atoms with E-state index in [1.807, 2.05) is 0 Å². The van der Waals surface area contributed by atoms with Crippen LogP contribution >= 0.6 is 0 Å². The normalized spacial score (nSPS) is 34.9. The molecule has 4 aliphatic rings. The lowest BCUT2D eigenvalue weighted by molar-refractivity contribution is 0.466. The van der Waals surface area contributed by atoms with Crippen molar-refractivity contribution in [3.05, 3.63) is 46.1 Å². The van der Waals surface area contributed by atoms with Gasteiger partial charge >= 0.3 is 0 Å². The van der Waals surface area contributed by atoms with Crippen LogP contribution in [0.2, 0.25) is 0 Å². The van der Waals surface area contributed by atoms with Gasteiger partial charge in [-0.05, 0) is 41.2 Å². The minimum absolute atomic E-state index is 0.902. The number of hydrogen-bond acceptors (Lipinski definition) is 0. The largest absolute Gasteiger partial charge is 0.0550 e. The Hall–Kier alpha value is -1.04. The van der Waals surface area contributed by atoms with Gasteiger partial charge in [-0.15, -0.1) is 0 Å². The highest BCUT2D eigenvalue weighted by Crippen LogP contribution is 2.60. The third kappa shape index (κ3) is 0.318. The molecule has 1 unspecified atom stereocenters. The third-order valence-electron chi connectivity index (χ3n) is 3.44. The Kier molecular flexibility index (Phi) is 0.509. The van der Waals surface area contributed by atoms with Crippen molar-refractivity contribution in [2.75, 3.05) is 0 Å². The van der Waals surface area contributed by atoms with Crippen LogP contribution in [0.5, 0.6) is 0 Å². The summed E-state index contributed by atoms with van der Waals surface area (Å²) < 4.78 is 0. The van der Waals surface area contributed by atoms with E-state index in [1.54, 1.807) is 22.3 Å². The van der Waals surface area contributed by atoms with Crippen molar-refractivity contribution in [2.24, 2.45) is 5.92 Å². The van der Waals surface area contributed by atoms with Crippen LogP contribution in [0.25, 0.3) is 0 Å². The summed E-state index contributed by atoms with van der Waals surface area (Å²) >= 11 is 0. The van der Waals surface area contributed by atoms with Gasteiger partial charge in [-0.2, -0.15) is 0 Å². The molecule has 0 amide bonds. The van der Waals surface area contributed by atoms with Gasteiger partial charge in [0.15, 0.2) is 0 Å². The molecule has 0 radical (unpaired) electrons. The molecule has 0 nitrogen and oxygen atoms in total. The first-order chi connectivity index (χ1) is 5.45. The molecule has 4 aliphatic carbocycles. The summed E-state index contributed by atoms with van der Waals surface area (Å²) in [5, 5.41) is 0. The van der Waals surface area contributed by atoms with Crippen molar-refractivity contribution in [3.8, 4) is 0 Å². The summed E-state index contributed by atoms with van der Waals surface area (Å²) in [6.07, 6.45) is 9.67. The summed E-state index contributed by atoms with van der Waals surface area (Å²) in [5.74, 6) is 0.902. The molecular weight excluding hydrogens is 132 g/mol. The molecule has 1 atom stereocenters. The van der Waals surface area contributed by atoms with Crippen molar-refractivity contribution < 1.29 is 0 Å². The molecule has 0 bridgehead atoms. The van der Waals surface area contributed by atoms with E-state index in [0.717, 1.165) is 5.92 Å². The maximum Gasteiger partial charge on any atom is 0.00724 e. The fraction of sp³-hybridized carbons (Fsp3) is 0.273. The second-order valence-corrected chi connectivity index (χ2v) is 3.79. The molecule has 0 saturated heterocycles. The number of rotatable bonds is 0. The maximum atomic E-state index is 2.37. The van der Waals surface area contributed by atoms with E-state index in [-0.39, 0.29) is 0 Å². The lowest BCUT2D eigenvalue weighted by Crippen LogP contribution is -2.29. The molecule has 4 rings (SSSR count). The first-order valence-corrected chi connectivity index (χ1v) is 4.33. The standard InChI is InChI=1S/C11H8/c1-2-7-6(1)5-10-8-3-4-9(8)11(7)10/h1-2,5,9H,3-4H2. The highest BCUT2D eigenvalue weighted by molar-refractivity contribution is 5.79. The fourth-order valence-electron chi connectivity index (χ4n) is 2.65. The molecule has 0 spiro atoms. The monoisotopic (exact) mass is 140 g/mol. The summed E-state index contributed by atoms with van der Waals surface area (Å²) in [6.45, 7) is 0. The van der Waals surface area contributed by atoms with Gasteiger partial charge in [0.25, 0.3) is 0 Å². The zero-order valence-electron chi connectivity index (χ0n) is 6.22. The number of allylic oxidation sites excluding steroid dienone is 8. The maximum absolute atomic E-state index is 2.37. The smallest absolute Gasteiger partial charge is 0.00724 e. The van der Waals surface area contributed by atoms with E-state index in [9.17, 15) is 0 Å². The number of hydrogen-bond donors (Lipinski definition) is 0. The Bertz CT molecular complexity index is 400. The molecule has 11 heavy (non-hydrogen) atoms. The minimum Gasteiger partial charge on any atom is -0.0550 e. The topological polar surface area (TPSA) is 0 Å². The zero-order chi connectivity index (χ0) is 7.00. The molecule has 1 saturated carbocycles. The Labute approximate surface area is 65.6 Å². The molecule has 0 aromatic rings. The first kappa shape index (κ1) is 4.76. The summed E-state index contributed by atoms with van der Waals surface area (Å²) in [6, 6.07) is 0. The zero-order valence-corrected chi connectivity index (χ0v) is 6.22. The molecule has 52 valence electrons. The van der Waals surface area contributed by atoms with Crippen LogP contribution in [0.4, 0.5) is 0 Å². The summed E-state index contributed by atoms with van der Waals surface area (Å²) in [5.41, 5.74) is 8.10. The average molecular weight is 140 g/mol. The van der Waals surface area contributed by atoms with Crippen molar-refractivity contribution in [2.45, 2.75) is 12.8 Å². The van der Waals surface area contributed by atoms with Crippen LogP contribution in [0.15, 0.2) is 46.1 Å². The van der Waals surface area contributed by atoms with Crippen LogP contribution in [0, 0.1) is 5.92 Å². The summed E-state index contributed by atoms with van der Waals surface area (Å²) in [4.78, 5) is 0. The molecule has 0 heteroatoms. The van der Waals surface area contributed by atoms with Gasteiger partial charge in [-0.1, -0.05) is 17.7 Å². The van der Waals surface area contributed by atoms with Crippen molar-refractivity contribution in [1.82, 2.24) is 0 Å². The van der Waals surface area contributed by atoms with Crippen molar-refractivity contribution in [3.63, 3.8) is 0 Å². The van der Waals surface area contributed by atoms with Gasteiger partial charge in [0.2, 0.25) is 0 Å². The first-order valence-electron chi connectivity index (χ1n) is 4.33. The van der Waals surface area contributed by atoms with Gasteiger partial charge in [0.1, 0.15) is 0 Å². The van der Waals surface area contributed by atoms with Gasteiger partial charge in [-0.25, -0.2) is 0 Å². The van der Waals surface area contributed by atoms with E-state index in [0.29, 0.717) is 0 Å². The van der Waals surface area contributed by atoms with Crippen LogP contribution in [-0.4, -0.2) is 0 Å². The minimum atomic E-state index is 0.902. The van der Waals surface area contributed by atoms with E-state index in [4.69, 9.17) is 0 Å². The lowest BCUT2D eigenvalue weighted by Gasteiger charge is -2.43. The molecule has 0 aromatic heterocycles. The highest BCUT2D eigenvalue weighted by atomic mass is 14.5. The van der Waals surface area contributed by atoms with E-state index >= 15 is 0 Å². The van der Waals surface area contributed by atoms with E-state index in [1.165, 1.54) is 18.4 Å². The Balaban J connectivity index is 2.11. The molecular formula is C11H8. The van der Waals surface area contributed by atoms with Gasteiger partial charge in [0, 0.05) is 5.92 Å². The predicted molar refractivity (Wildman–Crippen MR) is 44.0 cm³/mol. The Morgan fingerprint density at radius 2 is 2.18 bits per heavy atom. The third-order valence-corrected chi connectivity index (χ3v) is 3.44. The van der Waals surface area contributed by atoms with E-state index in [2.05, 4.69) is 18.2 Å². The highest BCUT2D eigenvalue weighted by Gasteiger charge is 2.45. The Morgan fingerprint density at radius 3 is 2.82 bits per heavy atom. The van der Waals surface area contributed by atoms with E-state index < -0.39 is 0 Å². The van der Waals surface area contributed by atoms with Gasteiger partial charge in [-0.3, -0.25) is 0 Å². The summed E-state index contributed by atoms with van der Waals surface area (Å²) in [7, 11) is 0. The fourth-order valence-corrected chi connectivity index (χ4v) is 2.65. The van der Waals surface area contributed by atoms with Gasteiger partial charge < -0.3 is 0 Å². The van der Waals surface area contributed by atoms with Crippen LogP contribution < -0.4 is 0 Å². The SMILES string of the molecule is C1=CC2=C3C(=C4CCC43)C=C12. The lowest BCUT2D eigenvalue weighted by atomic mass is 9.61. The van der Waals surface area contributed by atoms with Crippen LogP contribution in [0.3, 0.4) is 0 Å².